The Morgan fingerprint density at radius 2 is 2.58 bits per heavy atom. The molecule has 0 bridgehead atoms. The van der Waals surface area contributed by atoms with Crippen LogP contribution < -0.4 is 4.90 Å². The Hall–Kier alpha value is -1.36. The number of hydrogen-bond acceptors (Lipinski definition) is 3. The van der Waals surface area contributed by atoms with Gasteiger partial charge in [0.05, 0.1) is 0 Å². The van der Waals surface area contributed by atoms with Crippen molar-refractivity contribution in [1.82, 2.24) is 10.2 Å². The molecule has 0 aromatic carbocycles. The van der Waals surface area contributed by atoms with Gasteiger partial charge in [-0.2, -0.15) is 5.10 Å². The van der Waals surface area contributed by atoms with E-state index in [1.807, 2.05) is 0 Å². The van der Waals surface area contributed by atoms with Crippen LogP contribution in [-0.2, 0) is 4.79 Å². The first kappa shape index (κ1) is 7.30. The summed E-state index contributed by atoms with van der Waals surface area (Å²) in [4.78, 5) is 12.7. The zero-order chi connectivity index (χ0) is 8.55. The molecule has 1 aromatic rings. The second-order valence-corrected chi connectivity index (χ2v) is 2.73. The van der Waals surface area contributed by atoms with Crippen LogP contribution in [0, 0.1) is 0 Å². The average Bonchev–Trinajstić information content (AvgIpc) is 2.64. The maximum Gasteiger partial charge on any atom is 0.257 e. The van der Waals surface area contributed by atoms with Crippen molar-refractivity contribution in [1.29, 1.82) is 0 Å². The Kier molecular flexibility index (Phi) is 1.58. The number of H-pyrrole nitrogens is 1. The number of aromatic amines is 1. The smallest absolute Gasteiger partial charge is 0.257 e. The molecule has 1 atom stereocenters. The minimum Gasteiger partial charge on any atom is -0.383 e. The van der Waals surface area contributed by atoms with Crippen molar-refractivity contribution >= 4 is 11.7 Å². The lowest BCUT2D eigenvalue weighted by Gasteiger charge is -2.10. The van der Waals surface area contributed by atoms with Crippen LogP contribution in [0.1, 0.15) is 6.42 Å². The molecule has 0 spiro atoms. The van der Waals surface area contributed by atoms with Gasteiger partial charge in [-0.05, 0) is 0 Å². The van der Waals surface area contributed by atoms with E-state index in [-0.39, 0.29) is 5.91 Å². The molecule has 1 aromatic heterocycles. The maximum atomic E-state index is 11.2. The number of anilines is 1. The molecule has 0 radical (unpaired) electrons. The molecule has 2 rings (SSSR count). The molecule has 1 amide bonds. The Bertz CT molecular complexity index is 283. The standard InChI is InChI=1S/C7H9N3O2/c11-5-2-4-10(7(5)12)6-1-3-8-9-6/h1,3,5,11H,2,4H2,(H,8,9)/t5-/m0/s1. The van der Waals surface area contributed by atoms with Crippen LogP contribution in [0.15, 0.2) is 12.3 Å². The Labute approximate surface area is 69.0 Å². The summed E-state index contributed by atoms with van der Waals surface area (Å²) in [5.74, 6) is 0.318. The van der Waals surface area contributed by atoms with Crippen molar-refractivity contribution in [3.63, 3.8) is 0 Å². The van der Waals surface area contributed by atoms with Gasteiger partial charge in [-0.1, -0.05) is 0 Å². The van der Waals surface area contributed by atoms with E-state index in [2.05, 4.69) is 10.2 Å². The fraction of sp³-hybridized carbons (Fsp3) is 0.429. The lowest BCUT2D eigenvalue weighted by Crippen LogP contribution is -2.29. The van der Waals surface area contributed by atoms with Gasteiger partial charge in [-0.25, -0.2) is 0 Å². The zero-order valence-electron chi connectivity index (χ0n) is 6.40. The van der Waals surface area contributed by atoms with Crippen molar-refractivity contribution in [3.05, 3.63) is 12.3 Å². The van der Waals surface area contributed by atoms with Crippen LogP contribution in [0.2, 0.25) is 0 Å². The van der Waals surface area contributed by atoms with Gasteiger partial charge in [0.2, 0.25) is 0 Å². The molecular formula is C7H9N3O2. The molecule has 5 nitrogen and oxygen atoms in total. The first-order valence-corrected chi connectivity index (χ1v) is 3.78. The molecule has 1 saturated heterocycles. The lowest BCUT2D eigenvalue weighted by molar-refractivity contribution is -0.124. The molecule has 0 saturated carbocycles. The molecule has 64 valence electrons. The molecule has 2 N–H and O–H groups in total. The van der Waals surface area contributed by atoms with Crippen molar-refractivity contribution < 1.29 is 9.90 Å². The van der Waals surface area contributed by atoms with Crippen molar-refractivity contribution in [2.75, 3.05) is 11.4 Å². The molecule has 1 aliphatic rings. The van der Waals surface area contributed by atoms with Gasteiger partial charge in [0.25, 0.3) is 5.91 Å². The van der Waals surface area contributed by atoms with Gasteiger partial charge in [0.15, 0.2) is 5.82 Å². The third-order valence-electron chi connectivity index (χ3n) is 1.94. The Morgan fingerprint density at radius 1 is 1.75 bits per heavy atom. The predicted molar refractivity (Wildman–Crippen MR) is 41.6 cm³/mol. The Balaban J connectivity index is 2.22. The second kappa shape index (κ2) is 2.60. The molecule has 0 aliphatic carbocycles. The topological polar surface area (TPSA) is 69.2 Å². The SMILES string of the molecule is O=C1[C@@H](O)CCN1c1cc[nH]n1. The van der Waals surface area contributed by atoms with E-state index < -0.39 is 6.10 Å². The van der Waals surface area contributed by atoms with Gasteiger partial charge in [0.1, 0.15) is 6.10 Å². The summed E-state index contributed by atoms with van der Waals surface area (Å²) in [6.07, 6.45) is 1.29. The van der Waals surface area contributed by atoms with Crippen molar-refractivity contribution in [3.8, 4) is 0 Å². The molecule has 0 unspecified atom stereocenters. The minimum atomic E-state index is -0.846. The van der Waals surface area contributed by atoms with Crippen molar-refractivity contribution in [2.45, 2.75) is 12.5 Å². The summed E-state index contributed by atoms with van der Waals surface area (Å²) >= 11 is 0. The van der Waals surface area contributed by atoms with Gasteiger partial charge >= 0.3 is 0 Å². The first-order chi connectivity index (χ1) is 5.79. The summed E-state index contributed by atoms with van der Waals surface area (Å²) in [5.41, 5.74) is 0. The molecule has 1 aliphatic heterocycles. The van der Waals surface area contributed by atoms with Gasteiger partial charge < -0.3 is 5.11 Å². The highest BCUT2D eigenvalue weighted by molar-refractivity contribution is 5.97. The summed E-state index contributed by atoms with van der Waals surface area (Å²) in [6.45, 7) is 0.546. The zero-order valence-corrected chi connectivity index (χ0v) is 6.40. The molecule has 12 heavy (non-hydrogen) atoms. The van der Waals surface area contributed by atoms with Crippen LogP contribution in [0.3, 0.4) is 0 Å². The largest absolute Gasteiger partial charge is 0.383 e. The number of amides is 1. The minimum absolute atomic E-state index is 0.262. The molecule has 1 fully saturated rings. The Morgan fingerprint density at radius 3 is 3.08 bits per heavy atom. The van der Waals surface area contributed by atoms with E-state index in [1.54, 1.807) is 12.3 Å². The van der Waals surface area contributed by atoms with Crippen LogP contribution in [0.4, 0.5) is 5.82 Å². The maximum absolute atomic E-state index is 11.2. The van der Waals surface area contributed by atoms with Crippen LogP contribution in [0.5, 0.6) is 0 Å². The monoisotopic (exact) mass is 167 g/mol. The number of nitrogens with one attached hydrogen (secondary N) is 1. The normalized spacial score (nSPS) is 23.6. The third kappa shape index (κ3) is 0.984. The first-order valence-electron chi connectivity index (χ1n) is 3.78. The molecule has 5 heteroatoms. The highest BCUT2D eigenvalue weighted by Crippen LogP contribution is 2.17. The number of carbonyl (C=O) groups excluding carboxylic acids is 1. The van der Waals surface area contributed by atoms with Gasteiger partial charge in [-0.3, -0.25) is 14.8 Å². The predicted octanol–water partition coefficient (Wildman–Crippen LogP) is -0.493. The second-order valence-electron chi connectivity index (χ2n) is 2.73. The van der Waals surface area contributed by atoms with E-state index >= 15 is 0 Å². The van der Waals surface area contributed by atoms with Gasteiger partial charge in [0, 0.05) is 25.2 Å². The fourth-order valence-electron chi connectivity index (χ4n) is 1.30. The number of rotatable bonds is 1. The average molecular weight is 167 g/mol. The number of hydrogen-bond donors (Lipinski definition) is 2. The summed E-state index contributed by atoms with van der Waals surface area (Å²) in [6, 6.07) is 1.70. The van der Waals surface area contributed by atoms with Crippen LogP contribution in [-0.4, -0.2) is 33.9 Å². The van der Waals surface area contributed by atoms with Crippen LogP contribution in [0.25, 0.3) is 0 Å². The highest BCUT2D eigenvalue weighted by atomic mass is 16.3. The third-order valence-corrected chi connectivity index (χ3v) is 1.94. The summed E-state index contributed by atoms with van der Waals surface area (Å²) < 4.78 is 0. The molecule has 2 heterocycles. The lowest BCUT2D eigenvalue weighted by atomic mass is 10.3. The molecular weight excluding hydrogens is 158 g/mol. The van der Waals surface area contributed by atoms with E-state index in [0.717, 1.165) is 0 Å². The van der Waals surface area contributed by atoms with E-state index in [4.69, 9.17) is 5.11 Å². The highest BCUT2D eigenvalue weighted by Gasteiger charge is 2.31. The quantitative estimate of drug-likeness (QED) is 0.592. The van der Waals surface area contributed by atoms with Crippen LogP contribution >= 0.6 is 0 Å². The van der Waals surface area contributed by atoms with E-state index in [1.165, 1.54) is 4.90 Å². The number of carbonyl (C=O) groups is 1. The number of nitrogens with zero attached hydrogens (tertiary/aromatic N) is 2. The summed E-state index contributed by atoms with van der Waals surface area (Å²) in [5, 5.41) is 15.6. The van der Waals surface area contributed by atoms with E-state index in [9.17, 15) is 4.79 Å². The number of aliphatic hydroxyl groups excluding tert-OH is 1. The number of aliphatic hydroxyl groups is 1. The van der Waals surface area contributed by atoms with E-state index in [0.29, 0.717) is 18.8 Å². The van der Waals surface area contributed by atoms with Crippen molar-refractivity contribution in [2.24, 2.45) is 0 Å². The number of aromatic nitrogens is 2. The summed E-state index contributed by atoms with van der Waals surface area (Å²) in [7, 11) is 0. The van der Waals surface area contributed by atoms with Gasteiger partial charge in [-0.15, -0.1) is 0 Å². The fourth-order valence-corrected chi connectivity index (χ4v) is 1.30.